The molecule has 0 aromatic heterocycles. The summed E-state index contributed by atoms with van der Waals surface area (Å²) in [5, 5.41) is 14.0. The number of nitrogen functional groups attached to an aromatic ring is 1. The molecule has 0 aliphatic heterocycles. The Morgan fingerprint density at radius 3 is 2.61 bits per heavy atom. The lowest BCUT2D eigenvalue weighted by molar-refractivity contribution is -0.384. The number of nitro groups is 1. The maximum Gasteiger partial charge on any atom is 0.273 e. The van der Waals surface area contributed by atoms with Gasteiger partial charge in [0, 0.05) is 31.0 Å². The van der Waals surface area contributed by atoms with Crippen molar-refractivity contribution in [3.05, 3.63) is 28.3 Å². The molecular weight excluding hydrogens is 236 g/mol. The molecule has 0 bridgehead atoms. The summed E-state index contributed by atoms with van der Waals surface area (Å²) in [4.78, 5) is 10.3. The molecule has 0 fully saturated rings. The van der Waals surface area contributed by atoms with Gasteiger partial charge in [-0.1, -0.05) is 6.92 Å². The van der Waals surface area contributed by atoms with Gasteiger partial charge in [0.2, 0.25) is 0 Å². The van der Waals surface area contributed by atoms with Crippen LogP contribution in [0.2, 0.25) is 0 Å². The highest BCUT2D eigenvalue weighted by atomic mass is 16.6. The molecule has 18 heavy (non-hydrogen) atoms. The van der Waals surface area contributed by atoms with Crippen LogP contribution in [0.3, 0.4) is 0 Å². The molecule has 0 radical (unpaired) electrons. The number of non-ortho nitro benzene ring substituents is 1. The van der Waals surface area contributed by atoms with E-state index in [1.807, 2.05) is 6.92 Å². The standard InChI is InChI=1S/C11H18N4O3/c1-3-8(7-18-2)13-9-4-10(14-12)6-11(5-9)15(16)17/h4-6,8,13-14H,3,7,12H2,1-2H3. The largest absolute Gasteiger partial charge is 0.383 e. The first-order valence-electron chi connectivity index (χ1n) is 5.62. The fourth-order valence-electron chi connectivity index (χ4n) is 1.58. The third-order valence-electron chi connectivity index (χ3n) is 2.53. The minimum Gasteiger partial charge on any atom is -0.383 e. The molecule has 1 aromatic carbocycles. The Bertz CT molecular complexity index is 411. The number of anilines is 2. The van der Waals surface area contributed by atoms with E-state index in [0.717, 1.165) is 6.42 Å². The van der Waals surface area contributed by atoms with Gasteiger partial charge in [0.25, 0.3) is 5.69 Å². The Balaban J connectivity index is 2.93. The van der Waals surface area contributed by atoms with E-state index in [0.29, 0.717) is 18.0 Å². The van der Waals surface area contributed by atoms with Crippen LogP contribution in [-0.4, -0.2) is 24.7 Å². The minimum absolute atomic E-state index is 0.0137. The van der Waals surface area contributed by atoms with E-state index < -0.39 is 4.92 Å². The summed E-state index contributed by atoms with van der Waals surface area (Å²) in [6.45, 7) is 2.54. The first-order chi connectivity index (χ1) is 8.60. The van der Waals surface area contributed by atoms with Gasteiger partial charge in [-0.3, -0.25) is 16.0 Å². The van der Waals surface area contributed by atoms with Crippen LogP contribution >= 0.6 is 0 Å². The van der Waals surface area contributed by atoms with Crippen LogP contribution < -0.4 is 16.6 Å². The van der Waals surface area contributed by atoms with E-state index in [-0.39, 0.29) is 11.7 Å². The maximum absolute atomic E-state index is 10.8. The van der Waals surface area contributed by atoms with Gasteiger partial charge < -0.3 is 15.5 Å². The summed E-state index contributed by atoms with van der Waals surface area (Å²) >= 11 is 0. The predicted octanol–water partition coefficient (Wildman–Crippen LogP) is 1.72. The molecule has 1 atom stereocenters. The third-order valence-corrected chi connectivity index (χ3v) is 2.53. The molecule has 0 aliphatic carbocycles. The van der Waals surface area contributed by atoms with Crippen molar-refractivity contribution in [3.63, 3.8) is 0 Å². The van der Waals surface area contributed by atoms with Gasteiger partial charge in [-0.25, -0.2) is 0 Å². The van der Waals surface area contributed by atoms with Crippen molar-refractivity contribution >= 4 is 17.1 Å². The van der Waals surface area contributed by atoms with Crippen molar-refractivity contribution in [2.45, 2.75) is 19.4 Å². The summed E-state index contributed by atoms with van der Waals surface area (Å²) in [5.41, 5.74) is 3.52. The van der Waals surface area contributed by atoms with Gasteiger partial charge in [0.15, 0.2) is 0 Å². The molecule has 4 N–H and O–H groups in total. The molecular formula is C11H18N4O3. The van der Waals surface area contributed by atoms with Gasteiger partial charge in [0.1, 0.15) is 0 Å². The Hall–Kier alpha value is -1.86. The predicted molar refractivity (Wildman–Crippen MR) is 70.5 cm³/mol. The molecule has 1 unspecified atom stereocenters. The van der Waals surface area contributed by atoms with Gasteiger partial charge in [-0.05, 0) is 12.5 Å². The van der Waals surface area contributed by atoms with Crippen molar-refractivity contribution in [1.29, 1.82) is 0 Å². The van der Waals surface area contributed by atoms with E-state index in [1.165, 1.54) is 12.1 Å². The molecule has 7 heteroatoms. The van der Waals surface area contributed by atoms with Crippen molar-refractivity contribution in [3.8, 4) is 0 Å². The average Bonchev–Trinajstić information content (AvgIpc) is 2.37. The monoisotopic (exact) mass is 254 g/mol. The normalized spacial score (nSPS) is 11.9. The number of nitrogens with two attached hydrogens (primary N) is 1. The van der Waals surface area contributed by atoms with E-state index >= 15 is 0 Å². The highest BCUT2D eigenvalue weighted by Gasteiger charge is 2.12. The number of hydrogen-bond donors (Lipinski definition) is 3. The number of benzene rings is 1. The first kappa shape index (κ1) is 14.2. The molecule has 100 valence electrons. The molecule has 0 saturated heterocycles. The highest BCUT2D eigenvalue weighted by Crippen LogP contribution is 2.24. The zero-order chi connectivity index (χ0) is 13.5. The zero-order valence-electron chi connectivity index (χ0n) is 10.5. The second kappa shape index (κ2) is 6.77. The van der Waals surface area contributed by atoms with E-state index in [1.54, 1.807) is 13.2 Å². The van der Waals surface area contributed by atoms with Crippen molar-refractivity contribution in [2.75, 3.05) is 24.5 Å². The molecule has 1 rings (SSSR count). The number of nitro benzene ring substituents is 1. The van der Waals surface area contributed by atoms with Crippen molar-refractivity contribution in [1.82, 2.24) is 0 Å². The van der Waals surface area contributed by atoms with Crippen molar-refractivity contribution < 1.29 is 9.66 Å². The molecule has 0 spiro atoms. The van der Waals surface area contributed by atoms with Crippen LogP contribution in [0.4, 0.5) is 17.1 Å². The first-order valence-corrected chi connectivity index (χ1v) is 5.62. The van der Waals surface area contributed by atoms with Crippen molar-refractivity contribution in [2.24, 2.45) is 5.84 Å². The molecule has 0 aliphatic rings. The number of hydrazine groups is 1. The second-order valence-electron chi connectivity index (χ2n) is 3.87. The summed E-state index contributed by atoms with van der Waals surface area (Å²) in [5.74, 6) is 5.28. The van der Waals surface area contributed by atoms with Crippen LogP contribution in [0.5, 0.6) is 0 Å². The lowest BCUT2D eigenvalue weighted by atomic mass is 10.2. The SMILES string of the molecule is CCC(COC)Nc1cc(NN)cc([N+](=O)[O-])c1. The molecule has 1 aromatic rings. The molecule has 0 heterocycles. The maximum atomic E-state index is 10.8. The van der Waals surface area contributed by atoms with Crippen LogP contribution in [0.25, 0.3) is 0 Å². The number of ether oxygens (including phenoxy) is 1. The van der Waals surface area contributed by atoms with Crippen LogP contribution in [0, 0.1) is 10.1 Å². The average molecular weight is 254 g/mol. The van der Waals surface area contributed by atoms with E-state index in [9.17, 15) is 10.1 Å². The molecule has 0 amide bonds. The lowest BCUT2D eigenvalue weighted by Crippen LogP contribution is -2.24. The summed E-state index contributed by atoms with van der Waals surface area (Å²) in [6.07, 6.45) is 0.849. The van der Waals surface area contributed by atoms with E-state index in [2.05, 4.69) is 10.7 Å². The lowest BCUT2D eigenvalue weighted by Gasteiger charge is -2.17. The topological polar surface area (TPSA) is 102 Å². The Kier molecular flexibility index (Phi) is 5.34. The smallest absolute Gasteiger partial charge is 0.273 e. The van der Waals surface area contributed by atoms with E-state index in [4.69, 9.17) is 10.6 Å². The number of nitrogens with zero attached hydrogens (tertiary/aromatic N) is 1. The molecule has 0 saturated carbocycles. The van der Waals surface area contributed by atoms with Crippen LogP contribution in [0.15, 0.2) is 18.2 Å². The molecule has 7 nitrogen and oxygen atoms in total. The third kappa shape index (κ3) is 3.86. The van der Waals surface area contributed by atoms with Gasteiger partial charge in [-0.2, -0.15) is 0 Å². The zero-order valence-corrected chi connectivity index (χ0v) is 10.5. The Labute approximate surface area is 105 Å². The number of nitrogens with one attached hydrogen (secondary N) is 2. The number of methoxy groups -OCH3 is 1. The Morgan fingerprint density at radius 2 is 2.11 bits per heavy atom. The number of rotatable bonds is 7. The van der Waals surface area contributed by atoms with Crippen LogP contribution in [0.1, 0.15) is 13.3 Å². The minimum atomic E-state index is -0.455. The summed E-state index contributed by atoms with van der Waals surface area (Å²) in [6, 6.07) is 4.66. The van der Waals surface area contributed by atoms with Gasteiger partial charge in [0.05, 0.1) is 17.2 Å². The second-order valence-corrected chi connectivity index (χ2v) is 3.87. The summed E-state index contributed by atoms with van der Waals surface area (Å²) in [7, 11) is 1.62. The quantitative estimate of drug-likeness (QED) is 0.389. The van der Waals surface area contributed by atoms with Gasteiger partial charge >= 0.3 is 0 Å². The highest BCUT2D eigenvalue weighted by molar-refractivity contribution is 5.63. The fraction of sp³-hybridized carbons (Fsp3) is 0.455. The Morgan fingerprint density at radius 1 is 1.44 bits per heavy atom. The number of hydrogen-bond acceptors (Lipinski definition) is 6. The summed E-state index contributed by atoms with van der Waals surface area (Å²) < 4.78 is 5.06. The fourth-order valence-corrected chi connectivity index (χ4v) is 1.58. The van der Waals surface area contributed by atoms with Gasteiger partial charge in [-0.15, -0.1) is 0 Å². The van der Waals surface area contributed by atoms with Crippen LogP contribution in [-0.2, 0) is 4.74 Å².